The zero-order valence-electron chi connectivity index (χ0n) is 7.01. The van der Waals surface area contributed by atoms with E-state index < -0.39 is 0 Å². The van der Waals surface area contributed by atoms with Gasteiger partial charge in [0.15, 0.2) is 0 Å². The molecule has 0 unspecified atom stereocenters. The largest absolute Gasteiger partial charge is 0.117 e. The van der Waals surface area contributed by atoms with Crippen molar-refractivity contribution in [1.82, 2.24) is 0 Å². The van der Waals surface area contributed by atoms with Gasteiger partial charge in [0.2, 0.25) is 0 Å². The maximum absolute atomic E-state index is 3.68. The lowest BCUT2D eigenvalue weighted by atomic mass is 10.2. The molecule has 0 amide bonds. The molecule has 0 saturated heterocycles. The molecule has 11 heavy (non-hydrogen) atoms. The Balaban J connectivity index is 4.27. The third kappa shape index (κ3) is 5.20. The van der Waals surface area contributed by atoms with Crippen LogP contribution in [-0.4, -0.2) is 0 Å². The molecule has 0 heteroatoms. The van der Waals surface area contributed by atoms with Gasteiger partial charge in [0.25, 0.3) is 0 Å². The van der Waals surface area contributed by atoms with Crippen molar-refractivity contribution in [2.24, 2.45) is 0 Å². The first kappa shape index (κ1) is 9.74. The molecule has 0 aromatic carbocycles. The lowest BCUT2D eigenvalue weighted by Crippen LogP contribution is -1.69. The molecule has 0 fully saturated rings. The van der Waals surface area contributed by atoms with E-state index in [0.29, 0.717) is 0 Å². The molecule has 0 spiro atoms. The Hall–Kier alpha value is -1.26. The molecule has 0 aliphatic heterocycles. The summed E-state index contributed by atoms with van der Waals surface area (Å²) in [5.41, 5.74) is 4.14. The normalized spacial score (nSPS) is 8.82. The highest BCUT2D eigenvalue weighted by Crippen LogP contribution is 2.00. The van der Waals surface area contributed by atoms with E-state index in [2.05, 4.69) is 25.0 Å². The van der Waals surface area contributed by atoms with Crippen LogP contribution in [0.3, 0.4) is 0 Å². The summed E-state index contributed by atoms with van der Waals surface area (Å²) < 4.78 is 0. The fourth-order valence-electron chi connectivity index (χ4n) is 0.612. The summed E-state index contributed by atoms with van der Waals surface area (Å²) in [6.07, 6.45) is 10.3. The smallest absolute Gasteiger partial charge is 0.00240 e. The molecule has 0 radical (unpaired) electrons. The summed E-state index contributed by atoms with van der Waals surface area (Å²) in [7, 11) is 0. The zero-order valence-corrected chi connectivity index (χ0v) is 7.01. The van der Waals surface area contributed by atoms with Crippen molar-refractivity contribution >= 4 is 0 Å². The summed E-state index contributed by atoms with van der Waals surface area (Å²) in [5.74, 6) is 0. The van der Waals surface area contributed by atoms with Crippen LogP contribution in [0.1, 0.15) is 13.3 Å². The first-order valence-corrected chi connectivity index (χ1v) is 3.65. The standard InChI is InChI=1S/C11H14/c1-4-7-9-11(6-3)10-8-5-2/h4-8H,1,3,10H2,2H3/b8-5-. The Morgan fingerprint density at radius 1 is 1.45 bits per heavy atom. The van der Waals surface area contributed by atoms with Crippen LogP contribution in [0, 0.1) is 0 Å². The number of rotatable bonds is 4. The molecule has 0 nitrogen and oxygen atoms in total. The van der Waals surface area contributed by atoms with Crippen LogP contribution in [0.5, 0.6) is 0 Å². The highest BCUT2D eigenvalue weighted by Gasteiger charge is 1.82. The van der Waals surface area contributed by atoms with E-state index in [-0.39, 0.29) is 0 Å². The van der Waals surface area contributed by atoms with Crippen molar-refractivity contribution in [3.8, 4) is 0 Å². The predicted octanol–water partition coefficient (Wildman–Crippen LogP) is 3.41. The molecule has 0 rings (SSSR count). The Bertz CT molecular complexity index is 210. The van der Waals surface area contributed by atoms with Gasteiger partial charge in [-0.1, -0.05) is 37.5 Å². The Morgan fingerprint density at radius 2 is 2.18 bits per heavy atom. The fraction of sp³-hybridized carbons (Fsp3) is 0.182. The molecule has 0 bridgehead atoms. The highest BCUT2D eigenvalue weighted by atomic mass is 13.9. The SMILES string of the molecule is C=CC=C=C(C=C)C/C=C\C. The van der Waals surface area contributed by atoms with Gasteiger partial charge in [0.1, 0.15) is 0 Å². The molecule has 58 valence electrons. The second kappa shape index (κ2) is 6.85. The van der Waals surface area contributed by atoms with Gasteiger partial charge in [-0.05, 0) is 25.0 Å². The Kier molecular flexibility index (Phi) is 6.07. The second-order valence-electron chi connectivity index (χ2n) is 2.05. The van der Waals surface area contributed by atoms with Gasteiger partial charge < -0.3 is 0 Å². The van der Waals surface area contributed by atoms with Crippen molar-refractivity contribution in [3.05, 3.63) is 54.8 Å². The Labute approximate surface area is 68.9 Å². The number of allylic oxidation sites excluding steroid dienone is 5. The van der Waals surface area contributed by atoms with E-state index in [1.807, 2.05) is 13.0 Å². The Morgan fingerprint density at radius 3 is 2.64 bits per heavy atom. The average Bonchev–Trinajstić information content (AvgIpc) is 2.05. The highest BCUT2D eigenvalue weighted by molar-refractivity contribution is 5.20. The summed E-state index contributed by atoms with van der Waals surface area (Å²) in [6, 6.07) is 0. The first-order chi connectivity index (χ1) is 5.35. The summed E-state index contributed by atoms with van der Waals surface area (Å²) in [6.45, 7) is 9.24. The monoisotopic (exact) mass is 146 g/mol. The molecule has 0 saturated carbocycles. The lowest BCUT2D eigenvalue weighted by molar-refractivity contribution is 1.29. The van der Waals surface area contributed by atoms with Gasteiger partial charge in [-0.2, -0.15) is 0 Å². The maximum atomic E-state index is 3.68. The zero-order chi connectivity index (χ0) is 8.53. The van der Waals surface area contributed by atoms with Gasteiger partial charge in [0.05, 0.1) is 0 Å². The minimum atomic E-state index is 0.893. The third-order valence-electron chi connectivity index (χ3n) is 1.21. The van der Waals surface area contributed by atoms with Gasteiger partial charge in [-0.15, -0.1) is 5.73 Å². The van der Waals surface area contributed by atoms with Gasteiger partial charge in [-0.3, -0.25) is 0 Å². The molecule has 0 heterocycles. The molecule has 0 aliphatic rings. The van der Waals surface area contributed by atoms with E-state index in [1.165, 1.54) is 0 Å². The van der Waals surface area contributed by atoms with Crippen LogP contribution in [0.15, 0.2) is 54.8 Å². The molecular formula is C11H14. The van der Waals surface area contributed by atoms with Crippen molar-refractivity contribution in [2.45, 2.75) is 13.3 Å². The molecule has 0 aromatic rings. The van der Waals surface area contributed by atoms with E-state index in [9.17, 15) is 0 Å². The molecular weight excluding hydrogens is 132 g/mol. The van der Waals surface area contributed by atoms with Crippen LogP contribution < -0.4 is 0 Å². The third-order valence-corrected chi connectivity index (χ3v) is 1.21. The minimum absolute atomic E-state index is 0.893. The van der Waals surface area contributed by atoms with E-state index >= 15 is 0 Å². The molecule has 0 atom stereocenters. The summed E-state index contributed by atoms with van der Waals surface area (Å²) in [4.78, 5) is 0. The second-order valence-corrected chi connectivity index (χ2v) is 2.05. The molecule has 0 aromatic heterocycles. The van der Waals surface area contributed by atoms with Crippen LogP contribution in [0.2, 0.25) is 0 Å². The lowest BCUT2D eigenvalue weighted by Gasteiger charge is -1.88. The predicted molar refractivity (Wildman–Crippen MR) is 51.4 cm³/mol. The van der Waals surface area contributed by atoms with Gasteiger partial charge in [0, 0.05) is 0 Å². The molecule has 0 aliphatic carbocycles. The van der Waals surface area contributed by atoms with Crippen LogP contribution in [0.4, 0.5) is 0 Å². The van der Waals surface area contributed by atoms with E-state index in [0.717, 1.165) is 12.0 Å². The van der Waals surface area contributed by atoms with Crippen LogP contribution >= 0.6 is 0 Å². The van der Waals surface area contributed by atoms with Crippen LogP contribution in [-0.2, 0) is 0 Å². The summed E-state index contributed by atoms with van der Waals surface area (Å²) >= 11 is 0. The average molecular weight is 146 g/mol. The fourth-order valence-corrected chi connectivity index (χ4v) is 0.612. The maximum Gasteiger partial charge on any atom is -0.00240 e. The first-order valence-electron chi connectivity index (χ1n) is 3.65. The number of hydrogen-bond donors (Lipinski definition) is 0. The quantitative estimate of drug-likeness (QED) is 0.324. The topological polar surface area (TPSA) is 0 Å². The van der Waals surface area contributed by atoms with Crippen LogP contribution in [0.25, 0.3) is 0 Å². The van der Waals surface area contributed by atoms with E-state index in [4.69, 9.17) is 0 Å². The van der Waals surface area contributed by atoms with E-state index in [1.54, 1.807) is 18.2 Å². The van der Waals surface area contributed by atoms with Gasteiger partial charge in [-0.25, -0.2) is 0 Å². The van der Waals surface area contributed by atoms with Crippen molar-refractivity contribution < 1.29 is 0 Å². The van der Waals surface area contributed by atoms with Crippen molar-refractivity contribution in [3.63, 3.8) is 0 Å². The summed E-state index contributed by atoms with van der Waals surface area (Å²) in [5, 5.41) is 0. The van der Waals surface area contributed by atoms with Gasteiger partial charge >= 0.3 is 0 Å². The van der Waals surface area contributed by atoms with Crippen molar-refractivity contribution in [1.29, 1.82) is 0 Å². The molecule has 0 N–H and O–H groups in total. The minimum Gasteiger partial charge on any atom is -0.117 e. The number of hydrogen-bond acceptors (Lipinski definition) is 0. The van der Waals surface area contributed by atoms with Crippen molar-refractivity contribution in [2.75, 3.05) is 0 Å².